The van der Waals surface area contributed by atoms with Crippen molar-refractivity contribution in [3.8, 4) is 0 Å². The zero-order valence-corrected chi connectivity index (χ0v) is 16.8. The molecule has 0 heterocycles. The van der Waals surface area contributed by atoms with Gasteiger partial charge >= 0.3 is 0 Å². The van der Waals surface area contributed by atoms with E-state index in [1.165, 1.54) is 51.4 Å². The second kappa shape index (κ2) is 19.9. The molecule has 0 rings (SSSR count). The summed E-state index contributed by atoms with van der Waals surface area (Å²) in [6.45, 7) is 2.24. The highest BCUT2D eigenvalue weighted by atomic mass is 16.3. The summed E-state index contributed by atoms with van der Waals surface area (Å²) in [7, 11) is 0. The lowest BCUT2D eigenvalue weighted by Crippen LogP contribution is -2.06. The Labute approximate surface area is 156 Å². The van der Waals surface area contributed by atoms with E-state index >= 15 is 0 Å². The van der Waals surface area contributed by atoms with Gasteiger partial charge in [0.1, 0.15) is 5.78 Å². The van der Waals surface area contributed by atoms with Gasteiger partial charge in [0, 0.05) is 19.4 Å². The normalized spacial score (nSPS) is 12.4. The number of carbonyl (C=O) groups excluding carboxylic acids is 1. The van der Waals surface area contributed by atoms with Crippen molar-refractivity contribution in [1.82, 2.24) is 0 Å². The first-order valence-electron chi connectivity index (χ1n) is 11.0. The highest BCUT2D eigenvalue weighted by Crippen LogP contribution is 2.14. The van der Waals surface area contributed by atoms with Gasteiger partial charge in [0.05, 0.1) is 6.10 Å². The molecule has 0 aromatic carbocycles. The third kappa shape index (κ3) is 19.8. The second-order valence-corrected chi connectivity index (χ2v) is 7.55. The van der Waals surface area contributed by atoms with E-state index in [1.807, 2.05) is 6.92 Å². The quantitative estimate of drug-likeness (QED) is 0.265. The van der Waals surface area contributed by atoms with E-state index in [0.29, 0.717) is 18.8 Å². The van der Waals surface area contributed by atoms with Gasteiger partial charge < -0.3 is 10.2 Å². The Bertz CT molecular complexity index is 278. The summed E-state index contributed by atoms with van der Waals surface area (Å²) in [5.41, 5.74) is 0. The molecule has 3 nitrogen and oxygen atoms in total. The number of hydrogen-bond donors (Lipinski definition) is 2. The Morgan fingerprint density at radius 3 is 1.52 bits per heavy atom. The molecule has 1 atom stereocenters. The molecule has 0 fully saturated rings. The van der Waals surface area contributed by atoms with Crippen LogP contribution >= 0.6 is 0 Å². The lowest BCUT2D eigenvalue weighted by molar-refractivity contribution is -0.118. The SMILES string of the molecule is CCC(=O)CCCCCCCCCCCCC(O)CCCCCCO. The Hall–Kier alpha value is -0.410. The summed E-state index contributed by atoms with van der Waals surface area (Å²) < 4.78 is 0. The maximum Gasteiger partial charge on any atom is 0.132 e. The predicted molar refractivity (Wildman–Crippen MR) is 107 cm³/mol. The van der Waals surface area contributed by atoms with Gasteiger partial charge in [-0.3, -0.25) is 4.79 Å². The number of carbonyl (C=O) groups is 1. The molecule has 0 aromatic heterocycles. The third-order valence-corrected chi connectivity index (χ3v) is 5.08. The smallest absolute Gasteiger partial charge is 0.132 e. The Morgan fingerprint density at radius 2 is 1.08 bits per heavy atom. The summed E-state index contributed by atoms with van der Waals surface area (Å²) in [5.74, 6) is 0.409. The Kier molecular flexibility index (Phi) is 19.6. The van der Waals surface area contributed by atoms with Crippen molar-refractivity contribution < 1.29 is 15.0 Å². The number of aliphatic hydroxyl groups excluding tert-OH is 2. The zero-order chi connectivity index (χ0) is 18.6. The lowest BCUT2D eigenvalue weighted by Gasteiger charge is -2.10. The summed E-state index contributed by atoms with van der Waals surface area (Å²) >= 11 is 0. The molecule has 0 aliphatic rings. The molecule has 0 aromatic rings. The van der Waals surface area contributed by atoms with E-state index in [4.69, 9.17) is 5.11 Å². The molecule has 0 bridgehead atoms. The van der Waals surface area contributed by atoms with Gasteiger partial charge in [-0.1, -0.05) is 84.0 Å². The lowest BCUT2D eigenvalue weighted by atomic mass is 10.0. The van der Waals surface area contributed by atoms with Crippen LogP contribution < -0.4 is 0 Å². The van der Waals surface area contributed by atoms with Crippen molar-refractivity contribution in [2.24, 2.45) is 0 Å². The molecule has 2 N–H and O–H groups in total. The maximum atomic E-state index is 11.2. The number of Topliss-reactive ketones (excluding diaryl/α,β-unsaturated/α-hetero) is 1. The number of aliphatic hydroxyl groups is 2. The van der Waals surface area contributed by atoms with E-state index < -0.39 is 0 Å². The molecule has 0 radical (unpaired) electrons. The van der Waals surface area contributed by atoms with Crippen LogP contribution in [0.2, 0.25) is 0 Å². The fourth-order valence-electron chi connectivity index (χ4n) is 3.28. The van der Waals surface area contributed by atoms with Crippen LogP contribution in [0.25, 0.3) is 0 Å². The Morgan fingerprint density at radius 1 is 0.680 bits per heavy atom. The number of rotatable bonds is 20. The summed E-state index contributed by atoms with van der Waals surface area (Å²) in [5, 5.41) is 18.6. The van der Waals surface area contributed by atoms with Gasteiger partial charge in [-0.15, -0.1) is 0 Å². The third-order valence-electron chi connectivity index (χ3n) is 5.08. The van der Waals surface area contributed by atoms with E-state index in [0.717, 1.165) is 57.8 Å². The van der Waals surface area contributed by atoms with Crippen molar-refractivity contribution in [2.75, 3.05) is 6.61 Å². The molecular weight excluding hydrogens is 312 g/mol. The minimum absolute atomic E-state index is 0.117. The van der Waals surface area contributed by atoms with Gasteiger partial charge in [0.2, 0.25) is 0 Å². The van der Waals surface area contributed by atoms with Crippen molar-refractivity contribution >= 4 is 5.78 Å². The zero-order valence-electron chi connectivity index (χ0n) is 16.8. The molecular formula is C22H44O3. The fraction of sp³-hybridized carbons (Fsp3) is 0.955. The standard InChI is InChI=1S/C22H44O3/c1-2-21(24)17-13-9-7-5-3-4-6-8-10-14-18-22(25)19-15-11-12-16-20-23/h22-23,25H,2-20H2,1H3. The average Bonchev–Trinajstić information content (AvgIpc) is 2.62. The van der Waals surface area contributed by atoms with Crippen LogP contribution in [0.5, 0.6) is 0 Å². The highest BCUT2D eigenvalue weighted by Gasteiger charge is 2.03. The Balaban J connectivity index is 3.14. The molecule has 3 heteroatoms. The molecule has 0 saturated carbocycles. The number of hydrogen-bond acceptors (Lipinski definition) is 3. The summed E-state index contributed by atoms with van der Waals surface area (Å²) in [6.07, 6.45) is 20.0. The number of ketones is 1. The highest BCUT2D eigenvalue weighted by molar-refractivity contribution is 5.77. The van der Waals surface area contributed by atoms with Crippen molar-refractivity contribution in [2.45, 2.75) is 129 Å². The van der Waals surface area contributed by atoms with E-state index in [2.05, 4.69) is 0 Å². The molecule has 0 saturated heterocycles. The van der Waals surface area contributed by atoms with Gasteiger partial charge in [-0.2, -0.15) is 0 Å². The van der Waals surface area contributed by atoms with Crippen molar-refractivity contribution in [3.05, 3.63) is 0 Å². The topological polar surface area (TPSA) is 57.5 Å². The second-order valence-electron chi connectivity index (χ2n) is 7.55. The minimum Gasteiger partial charge on any atom is -0.396 e. The van der Waals surface area contributed by atoms with Crippen molar-refractivity contribution in [3.63, 3.8) is 0 Å². The maximum absolute atomic E-state index is 11.2. The van der Waals surface area contributed by atoms with Crippen LogP contribution in [0.15, 0.2) is 0 Å². The largest absolute Gasteiger partial charge is 0.396 e. The van der Waals surface area contributed by atoms with E-state index in [1.54, 1.807) is 0 Å². The monoisotopic (exact) mass is 356 g/mol. The molecule has 0 aliphatic carbocycles. The van der Waals surface area contributed by atoms with Gasteiger partial charge in [-0.05, 0) is 25.7 Å². The van der Waals surface area contributed by atoms with E-state index in [-0.39, 0.29) is 6.10 Å². The van der Waals surface area contributed by atoms with E-state index in [9.17, 15) is 9.90 Å². The summed E-state index contributed by atoms with van der Waals surface area (Å²) in [4.78, 5) is 11.2. The van der Waals surface area contributed by atoms with Crippen LogP contribution in [0.3, 0.4) is 0 Å². The predicted octanol–water partition coefficient (Wildman–Crippen LogP) is 5.95. The van der Waals surface area contributed by atoms with Crippen LogP contribution in [-0.2, 0) is 4.79 Å². The molecule has 25 heavy (non-hydrogen) atoms. The average molecular weight is 357 g/mol. The fourth-order valence-corrected chi connectivity index (χ4v) is 3.28. The van der Waals surface area contributed by atoms with Crippen molar-refractivity contribution in [1.29, 1.82) is 0 Å². The van der Waals surface area contributed by atoms with Crippen LogP contribution in [-0.4, -0.2) is 28.7 Å². The minimum atomic E-state index is -0.117. The van der Waals surface area contributed by atoms with Crippen LogP contribution in [0.4, 0.5) is 0 Å². The molecule has 150 valence electrons. The molecule has 0 aliphatic heterocycles. The first-order chi connectivity index (χ1) is 12.2. The van der Waals surface area contributed by atoms with Gasteiger partial charge in [0.25, 0.3) is 0 Å². The first-order valence-corrected chi connectivity index (χ1v) is 11.0. The van der Waals surface area contributed by atoms with Gasteiger partial charge in [0.15, 0.2) is 0 Å². The molecule has 0 amide bonds. The molecule has 0 spiro atoms. The summed E-state index contributed by atoms with van der Waals surface area (Å²) in [6, 6.07) is 0. The van der Waals surface area contributed by atoms with Crippen LogP contribution in [0.1, 0.15) is 122 Å². The van der Waals surface area contributed by atoms with Gasteiger partial charge in [-0.25, -0.2) is 0 Å². The van der Waals surface area contributed by atoms with Crippen LogP contribution in [0, 0.1) is 0 Å². The first kappa shape index (κ1) is 24.6. The molecule has 1 unspecified atom stereocenters. The number of unbranched alkanes of at least 4 members (excludes halogenated alkanes) is 12.